The zero-order valence-electron chi connectivity index (χ0n) is 19.9. The Bertz CT molecular complexity index is 1470. The number of β-lactam (4-membered cyclic amide) rings is 1. The van der Waals surface area contributed by atoms with Crippen molar-refractivity contribution in [2.24, 2.45) is 12.2 Å². The van der Waals surface area contributed by atoms with E-state index in [1.165, 1.54) is 23.2 Å². The summed E-state index contributed by atoms with van der Waals surface area (Å²) in [5.74, 6) is -3.17. The van der Waals surface area contributed by atoms with Gasteiger partial charge in [0.2, 0.25) is 0 Å². The van der Waals surface area contributed by atoms with Crippen molar-refractivity contribution in [3.8, 4) is 0 Å². The number of carboxylic acid groups (broad SMARTS) is 1. The van der Waals surface area contributed by atoms with E-state index in [1.54, 1.807) is 4.90 Å². The lowest BCUT2D eigenvalue weighted by Crippen LogP contribution is -2.71. The van der Waals surface area contributed by atoms with Gasteiger partial charge < -0.3 is 31.1 Å². The standard InChI is InChI=1S/C23H21N7O6S2/c1-28-5-2-3-13(8-28)29-6-4-11(19(29)32)7-12-9-37-21-16(20(33)30(21)17(12)22(34)35)26-18(31)15(27-36)14-10-38-23(24)25-14/h2-3,5,7-8,10,16,21H,4,6,9H2,1H3,(H4-,24,25,26,31,34,35,36)/t16-,21-/m1/s1. The molecule has 2 fully saturated rings. The topological polar surface area (TPSA) is 185 Å². The number of thiazole rings is 1. The molecule has 4 N–H and O–H groups in total. The summed E-state index contributed by atoms with van der Waals surface area (Å²) in [5.41, 5.74) is 6.27. The summed E-state index contributed by atoms with van der Waals surface area (Å²) in [7, 11) is 1.85. The van der Waals surface area contributed by atoms with Gasteiger partial charge in [-0.1, -0.05) is 5.16 Å². The van der Waals surface area contributed by atoms with Crippen LogP contribution in [0.3, 0.4) is 0 Å². The third kappa shape index (κ3) is 4.39. The Morgan fingerprint density at radius 1 is 1.39 bits per heavy atom. The Morgan fingerprint density at radius 3 is 2.84 bits per heavy atom. The van der Waals surface area contributed by atoms with Gasteiger partial charge in [-0.3, -0.25) is 19.3 Å². The summed E-state index contributed by atoms with van der Waals surface area (Å²) in [6.45, 7) is 0.439. The van der Waals surface area contributed by atoms with Crippen LogP contribution in [0.25, 0.3) is 0 Å². The lowest BCUT2D eigenvalue weighted by Gasteiger charge is -2.50. The first-order valence-corrected chi connectivity index (χ1v) is 13.2. The molecular weight excluding hydrogens is 534 g/mol. The number of amides is 3. The van der Waals surface area contributed by atoms with Crippen LogP contribution in [0.1, 0.15) is 12.1 Å². The molecular formula is C23H21N7O6S2. The highest BCUT2D eigenvalue weighted by atomic mass is 32.2. The Kier molecular flexibility index (Phi) is 6.62. The van der Waals surface area contributed by atoms with Gasteiger partial charge in [0, 0.05) is 29.3 Å². The van der Waals surface area contributed by atoms with Crippen LogP contribution in [0.2, 0.25) is 0 Å². The zero-order chi connectivity index (χ0) is 27.1. The number of aromatic nitrogens is 2. The highest BCUT2D eigenvalue weighted by Crippen LogP contribution is 2.41. The molecule has 15 heteroatoms. The molecule has 3 amide bonds. The molecule has 0 saturated carbocycles. The number of anilines is 2. The largest absolute Gasteiger partial charge is 0.543 e. The number of carbonyl (C=O) groups excluding carboxylic acids is 4. The van der Waals surface area contributed by atoms with Crippen molar-refractivity contribution in [1.29, 1.82) is 0 Å². The SMILES string of the molecule is C[n+]1cccc(N2CCC(=CC3=C(C(=O)[O-])N4C(=O)[C@@H](NC(=O)/C(=N\O)c5csc(N)n5)[C@H]4SC3)C2=O)c1. The van der Waals surface area contributed by atoms with Gasteiger partial charge in [-0.05, 0) is 24.1 Å². The maximum atomic E-state index is 13.1. The van der Waals surface area contributed by atoms with Gasteiger partial charge in [-0.25, -0.2) is 9.55 Å². The molecule has 0 unspecified atom stereocenters. The number of nitrogen functional groups attached to an aromatic ring is 1. The number of rotatable bonds is 6. The van der Waals surface area contributed by atoms with Gasteiger partial charge in [0.05, 0.1) is 11.7 Å². The first kappa shape index (κ1) is 25.4. The van der Waals surface area contributed by atoms with E-state index in [9.17, 15) is 29.5 Å². The van der Waals surface area contributed by atoms with Crippen molar-refractivity contribution in [2.75, 3.05) is 22.9 Å². The van der Waals surface area contributed by atoms with Gasteiger partial charge in [-0.15, -0.1) is 23.1 Å². The van der Waals surface area contributed by atoms with Gasteiger partial charge in [0.25, 0.3) is 17.7 Å². The second kappa shape index (κ2) is 9.90. The molecule has 0 bridgehead atoms. The second-order valence-corrected chi connectivity index (χ2v) is 10.6. The van der Waals surface area contributed by atoms with E-state index in [-0.39, 0.29) is 33.8 Å². The molecule has 196 valence electrons. The summed E-state index contributed by atoms with van der Waals surface area (Å²) in [4.78, 5) is 57.3. The van der Waals surface area contributed by atoms with Crippen molar-refractivity contribution in [3.63, 3.8) is 0 Å². The minimum absolute atomic E-state index is 0.0381. The number of hydrogen-bond donors (Lipinski definition) is 3. The number of aryl methyl sites for hydroxylation is 1. The zero-order valence-corrected chi connectivity index (χ0v) is 21.5. The number of oxime groups is 1. The molecule has 3 aliphatic heterocycles. The van der Waals surface area contributed by atoms with Gasteiger partial charge in [0.15, 0.2) is 23.2 Å². The van der Waals surface area contributed by atoms with E-state index in [2.05, 4.69) is 15.5 Å². The quantitative estimate of drug-likeness (QED) is 0.0952. The van der Waals surface area contributed by atoms with Gasteiger partial charge in [0.1, 0.15) is 29.8 Å². The summed E-state index contributed by atoms with van der Waals surface area (Å²) in [6, 6.07) is 2.58. The lowest BCUT2D eigenvalue weighted by molar-refractivity contribution is -0.670. The molecule has 3 aliphatic rings. The second-order valence-electron chi connectivity index (χ2n) is 8.65. The van der Waals surface area contributed by atoms with Crippen molar-refractivity contribution >= 4 is 63.3 Å². The summed E-state index contributed by atoms with van der Waals surface area (Å²) in [6.07, 6.45) is 5.59. The summed E-state index contributed by atoms with van der Waals surface area (Å²) in [5, 5.41) is 27.7. The number of fused-ring (bicyclic) bond motifs is 1. The smallest absolute Gasteiger partial charge is 0.276 e. The predicted octanol–water partition coefficient (Wildman–Crippen LogP) is -1.50. The molecule has 0 aliphatic carbocycles. The lowest BCUT2D eigenvalue weighted by atomic mass is 10.0. The van der Waals surface area contributed by atoms with Crippen LogP contribution < -0.4 is 25.6 Å². The van der Waals surface area contributed by atoms with E-state index in [0.29, 0.717) is 18.5 Å². The van der Waals surface area contributed by atoms with Crippen LogP contribution in [0, 0.1) is 0 Å². The normalized spacial score (nSPS) is 22.6. The third-order valence-electron chi connectivity index (χ3n) is 6.27. The number of thioether (sulfide) groups is 1. The first-order chi connectivity index (χ1) is 18.2. The maximum Gasteiger partial charge on any atom is 0.276 e. The van der Waals surface area contributed by atoms with Crippen LogP contribution in [0.15, 0.2) is 58.0 Å². The molecule has 13 nitrogen and oxygen atoms in total. The molecule has 2 aromatic heterocycles. The van der Waals surface area contributed by atoms with Crippen molar-refractivity contribution in [2.45, 2.75) is 17.8 Å². The van der Waals surface area contributed by atoms with E-state index in [1.807, 2.05) is 36.1 Å². The highest BCUT2D eigenvalue weighted by Gasteiger charge is 2.53. The Morgan fingerprint density at radius 2 is 2.18 bits per heavy atom. The molecule has 5 rings (SSSR count). The third-order valence-corrected chi connectivity index (χ3v) is 8.24. The molecule has 0 spiro atoms. The number of allylic oxidation sites excluding steroid dienone is 1. The molecule has 0 aromatic carbocycles. The van der Waals surface area contributed by atoms with Gasteiger partial charge in [-0.2, -0.15) is 0 Å². The fourth-order valence-corrected chi connectivity index (χ4v) is 6.35. The van der Waals surface area contributed by atoms with Gasteiger partial charge >= 0.3 is 0 Å². The predicted molar refractivity (Wildman–Crippen MR) is 135 cm³/mol. The maximum absolute atomic E-state index is 13.1. The van der Waals surface area contributed by atoms with E-state index in [4.69, 9.17) is 5.73 Å². The molecule has 5 heterocycles. The Balaban J connectivity index is 1.35. The fraction of sp³-hybridized carbons (Fsp3) is 0.261. The highest BCUT2D eigenvalue weighted by molar-refractivity contribution is 8.00. The van der Waals surface area contributed by atoms with Crippen LogP contribution >= 0.6 is 23.1 Å². The van der Waals surface area contributed by atoms with E-state index < -0.39 is 34.9 Å². The number of hydrogen-bond acceptors (Lipinski definition) is 11. The number of aliphatic carboxylic acids is 1. The summed E-state index contributed by atoms with van der Waals surface area (Å²) >= 11 is 2.27. The monoisotopic (exact) mass is 555 g/mol. The number of carbonyl (C=O) groups is 4. The minimum Gasteiger partial charge on any atom is -0.543 e. The first-order valence-electron chi connectivity index (χ1n) is 11.3. The molecule has 38 heavy (non-hydrogen) atoms. The van der Waals surface area contributed by atoms with Crippen LogP contribution in [-0.4, -0.2) is 68.2 Å². The molecule has 2 aromatic rings. The Hall–Kier alpha value is -4.24. The number of pyridine rings is 1. The molecule has 0 radical (unpaired) electrons. The van der Waals surface area contributed by atoms with Crippen molar-refractivity contribution < 1.29 is 34.1 Å². The van der Waals surface area contributed by atoms with E-state index in [0.717, 1.165) is 21.9 Å². The van der Waals surface area contributed by atoms with E-state index >= 15 is 0 Å². The average Bonchev–Trinajstić information content (AvgIpc) is 3.47. The number of nitrogens with one attached hydrogen (secondary N) is 1. The van der Waals surface area contributed by atoms with Crippen LogP contribution in [0.4, 0.5) is 10.8 Å². The summed E-state index contributed by atoms with van der Waals surface area (Å²) < 4.78 is 1.82. The van der Waals surface area contributed by atoms with Crippen molar-refractivity contribution in [1.82, 2.24) is 15.2 Å². The number of nitrogens with two attached hydrogens (primary N) is 1. The average molecular weight is 556 g/mol. The van der Waals surface area contributed by atoms with Crippen LogP contribution in [-0.2, 0) is 26.2 Å². The van der Waals surface area contributed by atoms with Crippen molar-refractivity contribution in [3.05, 3.63) is 58.5 Å². The fourth-order valence-electron chi connectivity index (χ4n) is 4.50. The number of nitrogens with zero attached hydrogens (tertiary/aromatic N) is 5. The Labute approximate surface area is 223 Å². The van der Waals surface area contributed by atoms with Crippen LogP contribution in [0.5, 0.6) is 0 Å². The molecule has 2 saturated heterocycles. The number of carboxylic acids is 1. The minimum atomic E-state index is -1.56. The molecule has 2 atom stereocenters.